The lowest BCUT2D eigenvalue weighted by Gasteiger charge is -2.16. The highest BCUT2D eigenvalue weighted by Gasteiger charge is 2.19. The fourth-order valence-corrected chi connectivity index (χ4v) is 1.47. The van der Waals surface area contributed by atoms with Gasteiger partial charge in [0.2, 0.25) is 5.91 Å². The van der Waals surface area contributed by atoms with Crippen LogP contribution in [0, 0.1) is 5.92 Å². The van der Waals surface area contributed by atoms with Gasteiger partial charge in [0.05, 0.1) is 17.1 Å². The summed E-state index contributed by atoms with van der Waals surface area (Å²) in [4.78, 5) is 11.7. The van der Waals surface area contributed by atoms with Crippen LogP contribution < -0.4 is 10.1 Å². The van der Waals surface area contributed by atoms with Crippen molar-refractivity contribution in [3.63, 3.8) is 0 Å². The van der Waals surface area contributed by atoms with Crippen molar-refractivity contribution in [3.05, 3.63) is 24.3 Å². The number of carbonyl (C=O) groups excluding carboxylic acids is 1. The summed E-state index contributed by atoms with van der Waals surface area (Å²) < 4.78 is 5.45. The smallest absolute Gasteiger partial charge is 0.238 e. The molecule has 0 spiro atoms. The molecule has 1 aromatic carbocycles. The van der Waals surface area contributed by atoms with Gasteiger partial charge in [0.25, 0.3) is 0 Å². The maximum Gasteiger partial charge on any atom is 0.238 e. The number of hydrogen-bond acceptors (Lipinski definition) is 2. The van der Waals surface area contributed by atoms with E-state index in [1.807, 2.05) is 45.0 Å². The molecular weight excluding hydrogens is 282 g/mol. The van der Waals surface area contributed by atoms with Crippen LogP contribution in [0.1, 0.15) is 20.8 Å². The van der Waals surface area contributed by atoms with Crippen LogP contribution in [-0.4, -0.2) is 17.3 Å². The molecule has 0 aliphatic carbocycles. The van der Waals surface area contributed by atoms with E-state index in [-0.39, 0.29) is 16.7 Å². The summed E-state index contributed by atoms with van der Waals surface area (Å²) in [6, 6.07) is 7.44. The number of para-hydroxylation sites is 2. The number of benzene rings is 1. The van der Waals surface area contributed by atoms with Gasteiger partial charge in [0.1, 0.15) is 5.75 Å². The number of carbonyl (C=O) groups is 1. The highest BCUT2D eigenvalue weighted by Crippen LogP contribution is 2.25. The van der Waals surface area contributed by atoms with Crippen LogP contribution in [0.25, 0.3) is 0 Å². The van der Waals surface area contributed by atoms with E-state index in [1.54, 1.807) is 0 Å². The zero-order chi connectivity index (χ0) is 12.8. The largest absolute Gasteiger partial charge is 0.492 e. The number of anilines is 1. The molecule has 0 bridgehead atoms. The molecule has 1 unspecified atom stereocenters. The molecule has 17 heavy (non-hydrogen) atoms. The number of rotatable bonds is 5. The molecule has 0 heterocycles. The Morgan fingerprint density at radius 1 is 1.41 bits per heavy atom. The Morgan fingerprint density at radius 2 is 2.06 bits per heavy atom. The molecule has 4 heteroatoms. The fraction of sp³-hybridized carbons (Fsp3) is 0.462. The number of nitrogens with one attached hydrogen (secondary N) is 1. The van der Waals surface area contributed by atoms with Gasteiger partial charge < -0.3 is 10.1 Å². The molecule has 0 aromatic heterocycles. The monoisotopic (exact) mass is 299 g/mol. The Balaban J connectivity index is 2.77. The van der Waals surface area contributed by atoms with Gasteiger partial charge >= 0.3 is 0 Å². The second-order valence-electron chi connectivity index (χ2n) is 4.06. The number of amides is 1. The van der Waals surface area contributed by atoms with Crippen LogP contribution in [-0.2, 0) is 4.79 Å². The maximum absolute atomic E-state index is 11.9. The second kappa shape index (κ2) is 6.64. The van der Waals surface area contributed by atoms with Gasteiger partial charge in [-0.2, -0.15) is 0 Å². The van der Waals surface area contributed by atoms with Crippen LogP contribution in [0.2, 0.25) is 0 Å². The van der Waals surface area contributed by atoms with Crippen molar-refractivity contribution in [2.75, 3.05) is 11.9 Å². The molecule has 1 rings (SSSR count). The fourth-order valence-electron chi connectivity index (χ4n) is 1.36. The molecule has 1 N–H and O–H groups in total. The minimum Gasteiger partial charge on any atom is -0.492 e. The molecule has 0 saturated carbocycles. The molecule has 1 atom stereocenters. The summed E-state index contributed by atoms with van der Waals surface area (Å²) in [6.07, 6.45) is 0. The first kappa shape index (κ1) is 14.0. The molecule has 3 nitrogen and oxygen atoms in total. The molecule has 1 aromatic rings. The van der Waals surface area contributed by atoms with Gasteiger partial charge in [-0.15, -0.1) is 0 Å². The Bertz CT molecular complexity index is 379. The minimum absolute atomic E-state index is 0.0489. The number of alkyl halides is 1. The van der Waals surface area contributed by atoms with Crippen LogP contribution in [0.5, 0.6) is 5.75 Å². The van der Waals surface area contributed by atoms with Crippen molar-refractivity contribution >= 4 is 27.5 Å². The van der Waals surface area contributed by atoms with Gasteiger partial charge in [0, 0.05) is 0 Å². The highest BCUT2D eigenvalue weighted by molar-refractivity contribution is 9.10. The van der Waals surface area contributed by atoms with Gasteiger partial charge in [-0.05, 0) is 25.0 Å². The third kappa shape index (κ3) is 4.04. The third-order valence-corrected chi connectivity index (χ3v) is 3.75. The Hall–Kier alpha value is -1.03. The molecule has 94 valence electrons. The SMILES string of the molecule is CCOc1ccccc1NC(=O)C(Br)C(C)C. The Labute approximate surface area is 111 Å². The van der Waals surface area contributed by atoms with Crippen molar-refractivity contribution in [3.8, 4) is 5.75 Å². The lowest BCUT2D eigenvalue weighted by Crippen LogP contribution is -2.27. The van der Waals surface area contributed by atoms with E-state index in [9.17, 15) is 4.79 Å². The van der Waals surface area contributed by atoms with Gasteiger partial charge in [-0.25, -0.2) is 0 Å². The second-order valence-corrected chi connectivity index (χ2v) is 5.05. The predicted octanol–water partition coefficient (Wildman–Crippen LogP) is 3.44. The summed E-state index contributed by atoms with van der Waals surface area (Å²) >= 11 is 3.38. The average molecular weight is 300 g/mol. The molecule has 0 aliphatic heterocycles. The Kier molecular flexibility index (Phi) is 5.48. The minimum atomic E-state index is -0.197. The van der Waals surface area contributed by atoms with Crippen molar-refractivity contribution in [2.24, 2.45) is 5.92 Å². The van der Waals surface area contributed by atoms with Crippen molar-refractivity contribution < 1.29 is 9.53 Å². The summed E-state index contributed by atoms with van der Waals surface area (Å²) in [5.74, 6) is 0.896. The Morgan fingerprint density at radius 3 is 2.65 bits per heavy atom. The summed E-state index contributed by atoms with van der Waals surface area (Å²) in [6.45, 7) is 6.48. The third-order valence-electron chi connectivity index (χ3n) is 2.28. The average Bonchev–Trinajstić information content (AvgIpc) is 2.30. The van der Waals surface area contributed by atoms with E-state index in [0.29, 0.717) is 18.0 Å². The highest BCUT2D eigenvalue weighted by atomic mass is 79.9. The first-order valence-electron chi connectivity index (χ1n) is 5.73. The van der Waals surface area contributed by atoms with E-state index in [4.69, 9.17) is 4.74 Å². The molecular formula is C13H18BrNO2. The van der Waals surface area contributed by atoms with Gasteiger partial charge in [-0.1, -0.05) is 41.9 Å². The van der Waals surface area contributed by atoms with E-state index in [1.165, 1.54) is 0 Å². The number of halogens is 1. The van der Waals surface area contributed by atoms with Gasteiger partial charge in [-0.3, -0.25) is 4.79 Å². The number of ether oxygens (including phenoxy) is 1. The predicted molar refractivity (Wildman–Crippen MR) is 73.8 cm³/mol. The van der Waals surface area contributed by atoms with Crippen LogP contribution in [0.4, 0.5) is 5.69 Å². The normalized spacial score (nSPS) is 12.3. The van der Waals surface area contributed by atoms with Crippen molar-refractivity contribution in [1.29, 1.82) is 0 Å². The zero-order valence-corrected chi connectivity index (χ0v) is 12.0. The first-order valence-corrected chi connectivity index (χ1v) is 6.64. The van der Waals surface area contributed by atoms with Crippen LogP contribution in [0.15, 0.2) is 24.3 Å². The van der Waals surface area contributed by atoms with E-state index >= 15 is 0 Å². The zero-order valence-electron chi connectivity index (χ0n) is 10.4. The van der Waals surface area contributed by atoms with Crippen LogP contribution >= 0.6 is 15.9 Å². The van der Waals surface area contributed by atoms with Crippen molar-refractivity contribution in [1.82, 2.24) is 0 Å². The topological polar surface area (TPSA) is 38.3 Å². The molecule has 0 saturated heterocycles. The van der Waals surface area contributed by atoms with E-state index in [0.717, 1.165) is 0 Å². The summed E-state index contributed by atoms with van der Waals surface area (Å²) in [5, 5.41) is 2.87. The first-order chi connectivity index (χ1) is 8.06. The summed E-state index contributed by atoms with van der Waals surface area (Å²) in [5.41, 5.74) is 0.712. The van der Waals surface area contributed by atoms with E-state index in [2.05, 4.69) is 21.2 Å². The van der Waals surface area contributed by atoms with E-state index < -0.39 is 0 Å². The molecule has 0 fully saturated rings. The molecule has 0 radical (unpaired) electrons. The summed E-state index contributed by atoms with van der Waals surface area (Å²) in [7, 11) is 0. The van der Waals surface area contributed by atoms with Crippen LogP contribution in [0.3, 0.4) is 0 Å². The molecule has 1 amide bonds. The molecule has 0 aliphatic rings. The lowest BCUT2D eigenvalue weighted by atomic mass is 10.1. The number of hydrogen-bond donors (Lipinski definition) is 1. The van der Waals surface area contributed by atoms with Crippen molar-refractivity contribution in [2.45, 2.75) is 25.6 Å². The quantitative estimate of drug-likeness (QED) is 0.846. The maximum atomic E-state index is 11.9. The standard InChI is InChI=1S/C13H18BrNO2/c1-4-17-11-8-6-5-7-10(11)15-13(16)12(14)9(2)3/h5-9,12H,4H2,1-3H3,(H,15,16). The van der Waals surface area contributed by atoms with Gasteiger partial charge in [0.15, 0.2) is 0 Å². The lowest BCUT2D eigenvalue weighted by molar-refractivity contribution is -0.116.